The van der Waals surface area contributed by atoms with Gasteiger partial charge >= 0.3 is 5.97 Å². The number of aromatic carboxylic acids is 1. The fourth-order valence-electron chi connectivity index (χ4n) is 3.15. The average Bonchev–Trinajstić information content (AvgIpc) is 2.72. The SMILES string of the molecule is O=C(O)c1ncc2c(-c3cccc(Cl)c3)cccc2c1OCc1ccccc1. The highest BCUT2D eigenvalue weighted by molar-refractivity contribution is 6.30. The molecule has 0 aliphatic carbocycles. The zero-order valence-electron chi connectivity index (χ0n) is 14.8. The summed E-state index contributed by atoms with van der Waals surface area (Å²) < 4.78 is 5.94. The first-order valence-corrected chi connectivity index (χ1v) is 9.09. The topological polar surface area (TPSA) is 59.4 Å². The lowest BCUT2D eigenvalue weighted by Crippen LogP contribution is -2.07. The summed E-state index contributed by atoms with van der Waals surface area (Å²) in [6.07, 6.45) is 1.57. The van der Waals surface area contributed by atoms with Gasteiger partial charge in [-0.1, -0.05) is 72.3 Å². The Morgan fingerprint density at radius 3 is 2.50 bits per heavy atom. The average molecular weight is 390 g/mol. The maximum Gasteiger partial charge on any atom is 0.358 e. The summed E-state index contributed by atoms with van der Waals surface area (Å²) >= 11 is 6.14. The summed E-state index contributed by atoms with van der Waals surface area (Å²) in [4.78, 5) is 15.9. The highest BCUT2D eigenvalue weighted by Gasteiger charge is 2.19. The third kappa shape index (κ3) is 3.55. The fourth-order valence-corrected chi connectivity index (χ4v) is 3.34. The van der Waals surface area contributed by atoms with Gasteiger partial charge in [-0.2, -0.15) is 0 Å². The van der Waals surface area contributed by atoms with Crippen molar-refractivity contribution in [3.63, 3.8) is 0 Å². The number of benzene rings is 3. The van der Waals surface area contributed by atoms with E-state index in [9.17, 15) is 9.90 Å². The van der Waals surface area contributed by atoms with E-state index in [1.807, 2.05) is 72.8 Å². The van der Waals surface area contributed by atoms with Crippen molar-refractivity contribution in [1.82, 2.24) is 4.98 Å². The van der Waals surface area contributed by atoms with Crippen LogP contribution in [0.2, 0.25) is 5.02 Å². The molecule has 0 spiro atoms. The molecule has 4 aromatic rings. The number of halogens is 1. The smallest absolute Gasteiger partial charge is 0.358 e. The third-order valence-electron chi connectivity index (χ3n) is 4.45. The second-order valence-electron chi connectivity index (χ2n) is 6.29. The second-order valence-corrected chi connectivity index (χ2v) is 6.73. The molecule has 1 N–H and O–H groups in total. The Hall–Kier alpha value is -3.37. The van der Waals surface area contributed by atoms with E-state index < -0.39 is 5.97 Å². The van der Waals surface area contributed by atoms with Gasteiger partial charge in [0.2, 0.25) is 0 Å². The van der Waals surface area contributed by atoms with Crippen LogP contribution >= 0.6 is 11.6 Å². The lowest BCUT2D eigenvalue weighted by atomic mass is 9.98. The largest absolute Gasteiger partial charge is 0.486 e. The van der Waals surface area contributed by atoms with E-state index >= 15 is 0 Å². The van der Waals surface area contributed by atoms with Gasteiger partial charge in [-0.15, -0.1) is 0 Å². The molecule has 0 fully saturated rings. The number of carboxylic acid groups (broad SMARTS) is 1. The number of carboxylic acids is 1. The summed E-state index contributed by atoms with van der Waals surface area (Å²) in [5.41, 5.74) is 2.68. The van der Waals surface area contributed by atoms with Crippen LogP contribution < -0.4 is 4.74 Å². The van der Waals surface area contributed by atoms with Gasteiger partial charge in [0.15, 0.2) is 11.4 Å². The van der Waals surface area contributed by atoms with Gasteiger partial charge in [0.25, 0.3) is 0 Å². The van der Waals surface area contributed by atoms with Gasteiger partial charge in [0.05, 0.1) is 0 Å². The van der Waals surface area contributed by atoms with Crippen molar-refractivity contribution in [2.45, 2.75) is 6.61 Å². The monoisotopic (exact) mass is 389 g/mol. The molecule has 0 amide bonds. The minimum absolute atomic E-state index is 0.105. The predicted molar refractivity (Wildman–Crippen MR) is 110 cm³/mol. The lowest BCUT2D eigenvalue weighted by Gasteiger charge is -2.14. The number of fused-ring (bicyclic) bond motifs is 1. The van der Waals surface area contributed by atoms with Crippen LogP contribution in [0.5, 0.6) is 5.75 Å². The van der Waals surface area contributed by atoms with E-state index in [4.69, 9.17) is 16.3 Å². The van der Waals surface area contributed by atoms with Gasteiger partial charge in [-0.05, 0) is 28.8 Å². The molecule has 0 unspecified atom stereocenters. The second kappa shape index (κ2) is 7.71. The number of ether oxygens (including phenoxy) is 1. The van der Waals surface area contributed by atoms with Crippen molar-refractivity contribution in [3.05, 3.63) is 95.3 Å². The quantitative estimate of drug-likeness (QED) is 0.466. The van der Waals surface area contributed by atoms with Gasteiger partial charge in [-0.3, -0.25) is 0 Å². The minimum Gasteiger partial charge on any atom is -0.486 e. The van der Waals surface area contributed by atoms with Crippen molar-refractivity contribution < 1.29 is 14.6 Å². The summed E-state index contributed by atoms with van der Waals surface area (Å²) in [5.74, 6) is -0.865. The zero-order chi connectivity index (χ0) is 19.5. The summed E-state index contributed by atoms with van der Waals surface area (Å²) in [7, 11) is 0. The number of aromatic nitrogens is 1. The molecule has 28 heavy (non-hydrogen) atoms. The van der Waals surface area contributed by atoms with E-state index in [-0.39, 0.29) is 18.1 Å². The Balaban J connectivity index is 1.85. The van der Waals surface area contributed by atoms with Crippen molar-refractivity contribution in [2.24, 2.45) is 0 Å². The van der Waals surface area contributed by atoms with Crippen LogP contribution in [-0.4, -0.2) is 16.1 Å². The highest BCUT2D eigenvalue weighted by atomic mass is 35.5. The van der Waals surface area contributed by atoms with Gasteiger partial charge in [-0.25, -0.2) is 9.78 Å². The molecule has 0 radical (unpaired) electrons. The van der Waals surface area contributed by atoms with Crippen LogP contribution in [0.25, 0.3) is 21.9 Å². The minimum atomic E-state index is -1.13. The number of hydrogen-bond donors (Lipinski definition) is 1. The third-order valence-corrected chi connectivity index (χ3v) is 4.69. The molecule has 0 aliphatic heterocycles. The Kier molecular flexibility index (Phi) is 4.96. The molecule has 5 heteroatoms. The van der Waals surface area contributed by atoms with Crippen LogP contribution in [0.1, 0.15) is 16.1 Å². The van der Waals surface area contributed by atoms with Crippen LogP contribution in [0.15, 0.2) is 79.0 Å². The van der Waals surface area contributed by atoms with Gasteiger partial charge in [0.1, 0.15) is 6.61 Å². The van der Waals surface area contributed by atoms with Crippen LogP contribution in [-0.2, 0) is 6.61 Å². The molecule has 0 aliphatic rings. The molecule has 0 saturated carbocycles. The molecular formula is C23H16ClNO3. The molecule has 0 saturated heterocycles. The van der Waals surface area contributed by atoms with Crippen molar-refractivity contribution in [1.29, 1.82) is 0 Å². The predicted octanol–water partition coefficient (Wildman–Crippen LogP) is 5.83. The summed E-state index contributed by atoms with van der Waals surface area (Å²) in [6, 6.07) is 22.8. The molecule has 0 bridgehead atoms. The molecule has 1 aromatic heterocycles. The van der Waals surface area contributed by atoms with Crippen molar-refractivity contribution in [2.75, 3.05) is 0 Å². The number of rotatable bonds is 5. The molecular weight excluding hydrogens is 374 g/mol. The number of carbonyl (C=O) groups is 1. The lowest BCUT2D eigenvalue weighted by molar-refractivity contribution is 0.0685. The molecule has 0 atom stereocenters. The summed E-state index contributed by atoms with van der Waals surface area (Å²) in [5, 5.41) is 11.7. The summed E-state index contributed by atoms with van der Waals surface area (Å²) in [6.45, 7) is 0.253. The van der Waals surface area contributed by atoms with Crippen LogP contribution in [0.3, 0.4) is 0 Å². The number of nitrogens with zero attached hydrogens (tertiary/aromatic N) is 1. The van der Waals surface area contributed by atoms with E-state index in [1.165, 1.54) is 0 Å². The Morgan fingerprint density at radius 1 is 0.964 bits per heavy atom. The molecule has 138 valence electrons. The van der Waals surface area contributed by atoms with Gasteiger partial charge in [0, 0.05) is 22.0 Å². The fraction of sp³-hybridized carbons (Fsp3) is 0.0435. The first kappa shape index (κ1) is 18.0. The highest BCUT2D eigenvalue weighted by Crippen LogP contribution is 2.36. The Labute approximate surface area is 167 Å². The zero-order valence-corrected chi connectivity index (χ0v) is 15.6. The van der Waals surface area contributed by atoms with E-state index in [0.29, 0.717) is 10.4 Å². The first-order chi connectivity index (χ1) is 13.6. The van der Waals surface area contributed by atoms with E-state index in [0.717, 1.165) is 22.1 Å². The van der Waals surface area contributed by atoms with E-state index in [1.54, 1.807) is 6.20 Å². The molecule has 1 heterocycles. The first-order valence-electron chi connectivity index (χ1n) is 8.71. The molecule has 4 rings (SSSR count). The Morgan fingerprint density at radius 2 is 1.75 bits per heavy atom. The maximum atomic E-state index is 11.7. The van der Waals surface area contributed by atoms with Crippen LogP contribution in [0, 0.1) is 0 Å². The van der Waals surface area contributed by atoms with Crippen molar-refractivity contribution >= 4 is 28.3 Å². The normalized spacial score (nSPS) is 10.8. The Bertz CT molecular complexity index is 1160. The van der Waals surface area contributed by atoms with Gasteiger partial charge < -0.3 is 9.84 Å². The standard InChI is InChI=1S/C23H16ClNO3/c24-17-9-4-8-16(12-17)18-10-5-11-19-20(18)13-25-21(23(26)27)22(19)28-14-15-6-2-1-3-7-15/h1-13H,14H2,(H,26,27). The van der Waals surface area contributed by atoms with Crippen molar-refractivity contribution in [3.8, 4) is 16.9 Å². The molecule has 4 nitrogen and oxygen atoms in total. The molecule has 3 aromatic carbocycles. The van der Waals surface area contributed by atoms with E-state index in [2.05, 4.69) is 4.98 Å². The van der Waals surface area contributed by atoms with Crippen LogP contribution in [0.4, 0.5) is 0 Å². The number of pyridine rings is 1. The maximum absolute atomic E-state index is 11.7. The number of hydrogen-bond acceptors (Lipinski definition) is 3.